The van der Waals surface area contributed by atoms with Gasteiger partial charge in [0.25, 0.3) is 0 Å². The zero-order valence-corrected chi connectivity index (χ0v) is 10.5. The summed E-state index contributed by atoms with van der Waals surface area (Å²) in [6, 6.07) is 0.612. The van der Waals surface area contributed by atoms with Crippen LogP contribution in [0, 0.1) is 10.7 Å². The smallest absolute Gasteiger partial charge is 0.225 e. The van der Waals surface area contributed by atoms with E-state index in [4.69, 9.17) is 12.2 Å². The minimum Gasteiger partial charge on any atom is -0.341 e. The Morgan fingerprint density at radius 1 is 1.25 bits per heavy atom. The van der Waals surface area contributed by atoms with E-state index in [1.165, 1.54) is 25.7 Å². The second-order valence-corrected chi connectivity index (χ2v) is 5.49. The monoisotopic (exact) mass is 238 g/mol. The summed E-state index contributed by atoms with van der Waals surface area (Å²) in [6.45, 7) is 4.57. The first-order valence-corrected chi connectivity index (χ1v) is 6.58. The van der Waals surface area contributed by atoms with Crippen molar-refractivity contribution < 1.29 is 0 Å². The predicted molar refractivity (Wildman–Crippen MR) is 66.3 cm³/mol. The van der Waals surface area contributed by atoms with E-state index in [-0.39, 0.29) is 0 Å². The molecule has 1 saturated carbocycles. The Kier molecular flexibility index (Phi) is 2.50. The Hall–Kier alpha value is -0.840. The van der Waals surface area contributed by atoms with Crippen molar-refractivity contribution in [2.45, 2.75) is 38.6 Å². The van der Waals surface area contributed by atoms with Gasteiger partial charge < -0.3 is 4.90 Å². The number of anilines is 1. The summed E-state index contributed by atoms with van der Waals surface area (Å²) in [4.78, 5) is 2.38. The lowest BCUT2D eigenvalue weighted by atomic mass is 10.00. The van der Waals surface area contributed by atoms with E-state index >= 15 is 0 Å². The largest absolute Gasteiger partial charge is 0.341 e. The SMILES string of the molecule is CC1CCN(c2n[nH]c(=S)n2C2CC2)CC1. The number of rotatable bonds is 2. The summed E-state index contributed by atoms with van der Waals surface area (Å²) < 4.78 is 3.00. The Bertz CT molecular complexity index is 423. The van der Waals surface area contributed by atoms with Crippen molar-refractivity contribution in [3.8, 4) is 0 Å². The van der Waals surface area contributed by atoms with Gasteiger partial charge in [0, 0.05) is 19.1 Å². The summed E-state index contributed by atoms with van der Waals surface area (Å²) in [5.41, 5.74) is 0. The standard InChI is InChI=1S/C11H18N4S/c1-8-4-6-14(7-5-8)10-12-13-11(16)15(10)9-2-3-9/h8-9H,2-7H2,1H3,(H,13,16). The van der Waals surface area contributed by atoms with Crippen LogP contribution in [0.4, 0.5) is 5.95 Å². The van der Waals surface area contributed by atoms with Gasteiger partial charge in [-0.3, -0.25) is 4.57 Å². The Labute approximate surface area is 101 Å². The van der Waals surface area contributed by atoms with Crippen LogP contribution in [0.2, 0.25) is 0 Å². The van der Waals surface area contributed by atoms with Crippen LogP contribution in [0.3, 0.4) is 0 Å². The van der Waals surface area contributed by atoms with E-state index in [0.29, 0.717) is 6.04 Å². The van der Waals surface area contributed by atoms with Crippen LogP contribution in [-0.2, 0) is 0 Å². The Morgan fingerprint density at radius 2 is 1.94 bits per heavy atom. The van der Waals surface area contributed by atoms with Gasteiger partial charge in [0.05, 0.1) is 0 Å². The number of aromatic nitrogens is 3. The van der Waals surface area contributed by atoms with E-state index in [0.717, 1.165) is 29.7 Å². The summed E-state index contributed by atoms with van der Waals surface area (Å²) in [6.07, 6.45) is 5.05. The van der Waals surface area contributed by atoms with Crippen LogP contribution >= 0.6 is 12.2 Å². The Morgan fingerprint density at radius 3 is 2.56 bits per heavy atom. The average molecular weight is 238 g/mol. The molecule has 0 spiro atoms. The zero-order valence-electron chi connectivity index (χ0n) is 9.65. The molecule has 5 heteroatoms. The van der Waals surface area contributed by atoms with Gasteiger partial charge in [-0.15, -0.1) is 5.10 Å². The lowest BCUT2D eigenvalue weighted by molar-refractivity contribution is 0.430. The number of hydrogen-bond donors (Lipinski definition) is 1. The van der Waals surface area contributed by atoms with Crippen LogP contribution < -0.4 is 4.90 Å². The van der Waals surface area contributed by atoms with Crippen molar-refractivity contribution in [3.63, 3.8) is 0 Å². The van der Waals surface area contributed by atoms with Gasteiger partial charge >= 0.3 is 0 Å². The molecule has 4 nitrogen and oxygen atoms in total. The minimum absolute atomic E-state index is 0.612. The molecule has 16 heavy (non-hydrogen) atoms. The molecule has 1 aromatic rings. The van der Waals surface area contributed by atoms with Gasteiger partial charge in [0.1, 0.15) is 0 Å². The van der Waals surface area contributed by atoms with Gasteiger partial charge in [-0.2, -0.15) is 0 Å². The fourth-order valence-electron chi connectivity index (χ4n) is 2.39. The molecule has 2 aliphatic rings. The molecular formula is C11H18N4S. The first-order valence-electron chi connectivity index (χ1n) is 6.17. The molecule has 88 valence electrons. The number of H-pyrrole nitrogens is 1. The third-order valence-electron chi connectivity index (χ3n) is 3.66. The molecule has 2 fully saturated rings. The molecule has 0 radical (unpaired) electrons. The molecule has 1 N–H and O–H groups in total. The van der Waals surface area contributed by atoms with Crippen molar-refractivity contribution in [2.75, 3.05) is 18.0 Å². The third kappa shape index (κ3) is 1.77. The maximum Gasteiger partial charge on any atom is 0.225 e. The summed E-state index contributed by atoms with van der Waals surface area (Å²) in [5, 5.41) is 7.34. The molecule has 1 aromatic heterocycles. The van der Waals surface area contributed by atoms with Crippen molar-refractivity contribution in [2.24, 2.45) is 5.92 Å². The first kappa shape index (κ1) is 10.3. The van der Waals surface area contributed by atoms with Crippen LogP contribution in [-0.4, -0.2) is 27.9 Å². The quantitative estimate of drug-likeness (QED) is 0.804. The molecule has 0 atom stereocenters. The number of nitrogens with one attached hydrogen (secondary N) is 1. The second kappa shape index (κ2) is 3.87. The molecule has 3 rings (SSSR count). The van der Waals surface area contributed by atoms with Gasteiger partial charge in [0.15, 0.2) is 4.77 Å². The van der Waals surface area contributed by atoms with E-state index in [2.05, 4.69) is 26.6 Å². The summed E-state index contributed by atoms with van der Waals surface area (Å²) in [7, 11) is 0. The number of nitrogens with zero attached hydrogens (tertiary/aromatic N) is 3. The Balaban J connectivity index is 1.86. The van der Waals surface area contributed by atoms with Crippen molar-refractivity contribution >= 4 is 18.2 Å². The molecule has 0 bridgehead atoms. The third-order valence-corrected chi connectivity index (χ3v) is 3.95. The second-order valence-electron chi connectivity index (χ2n) is 5.10. The molecule has 0 aromatic carbocycles. The molecule has 2 heterocycles. The lowest BCUT2D eigenvalue weighted by Crippen LogP contribution is -2.34. The lowest BCUT2D eigenvalue weighted by Gasteiger charge is -2.30. The van der Waals surface area contributed by atoms with Gasteiger partial charge in [-0.25, -0.2) is 5.10 Å². The maximum atomic E-state index is 5.30. The van der Waals surface area contributed by atoms with E-state index in [9.17, 15) is 0 Å². The molecular weight excluding hydrogens is 220 g/mol. The number of piperidine rings is 1. The first-order chi connectivity index (χ1) is 7.75. The van der Waals surface area contributed by atoms with Gasteiger partial charge in [-0.1, -0.05) is 6.92 Å². The van der Waals surface area contributed by atoms with Crippen LogP contribution in [0.25, 0.3) is 0 Å². The van der Waals surface area contributed by atoms with Crippen LogP contribution in [0.5, 0.6) is 0 Å². The molecule has 1 aliphatic carbocycles. The fraction of sp³-hybridized carbons (Fsp3) is 0.818. The van der Waals surface area contributed by atoms with Gasteiger partial charge in [0.2, 0.25) is 5.95 Å². The zero-order chi connectivity index (χ0) is 11.1. The van der Waals surface area contributed by atoms with E-state index in [1.807, 2.05) is 0 Å². The van der Waals surface area contributed by atoms with Crippen molar-refractivity contribution in [3.05, 3.63) is 4.77 Å². The van der Waals surface area contributed by atoms with Crippen molar-refractivity contribution in [1.29, 1.82) is 0 Å². The average Bonchev–Trinajstić information content (AvgIpc) is 3.04. The normalized spacial score (nSPS) is 22.7. The van der Waals surface area contributed by atoms with Crippen LogP contribution in [0.15, 0.2) is 0 Å². The molecule has 1 saturated heterocycles. The maximum absolute atomic E-state index is 5.30. The highest BCUT2D eigenvalue weighted by Gasteiger charge is 2.30. The highest BCUT2D eigenvalue weighted by molar-refractivity contribution is 7.71. The highest BCUT2D eigenvalue weighted by atomic mass is 32.1. The molecule has 1 aliphatic heterocycles. The predicted octanol–water partition coefficient (Wildman–Crippen LogP) is 2.51. The summed E-state index contributed by atoms with van der Waals surface area (Å²) >= 11 is 5.30. The van der Waals surface area contributed by atoms with E-state index in [1.54, 1.807) is 0 Å². The summed E-state index contributed by atoms with van der Waals surface area (Å²) in [5.74, 6) is 1.92. The number of hydrogen-bond acceptors (Lipinski definition) is 3. The van der Waals surface area contributed by atoms with Gasteiger partial charge in [-0.05, 0) is 43.8 Å². The fourth-order valence-corrected chi connectivity index (χ4v) is 2.67. The topological polar surface area (TPSA) is 36.9 Å². The molecule has 0 amide bonds. The van der Waals surface area contributed by atoms with E-state index < -0.39 is 0 Å². The number of aromatic amines is 1. The minimum atomic E-state index is 0.612. The van der Waals surface area contributed by atoms with Crippen molar-refractivity contribution in [1.82, 2.24) is 14.8 Å². The highest BCUT2D eigenvalue weighted by Crippen LogP contribution is 2.38. The van der Waals surface area contributed by atoms with Crippen LogP contribution in [0.1, 0.15) is 38.6 Å². The molecule has 0 unspecified atom stereocenters.